The van der Waals surface area contributed by atoms with Gasteiger partial charge in [-0.2, -0.15) is 0 Å². The SMILES string of the molecule is CC(C)COc1ccccc1C1NNC(C)C1C(=O)O. The Labute approximate surface area is 119 Å². The molecule has 1 fully saturated rings. The zero-order chi connectivity index (χ0) is 14.7. The van der Waals surface area contributed by atoms with Crippen LogP contribution in [0.1, 0.15) is 32.4 Å². The maximum atomic E-state index is 11.5. The Balaban J connectivity index is 2.25. The molecule has 110 valence electrons. The van der Waals surface area contributed by atoms with Crippen LogP contribution in [0.25, 0.3) is 0 Å². The van der Waals surface area contributed by atoms with Crippen molar-refractivity contribution in [3.63, 3.8) is 0 Å². The zero-order valence-electron chi connectivity index (χ0n) is 12.1. The molecule has 1 aliphatic rings. The Morgan fingerprint density at radius 2 is 2.05 bits per heavy atom. The third-order valence-electron chi connectivity index (χ3n) is 3.48. The Kier molecular flexibility index (Phi) is 4.62. The average Bonchev–Trinajstić information content (AvgIpc) is 2.78. The van der Waals surface area contributed by atoms with Gasteiger partial charge in [0.2, 0.25) is 0 Å². The van der Waals surface area contributed by atoms with Gasteiger partial charge >= 0.3 is 5.97 Å². The molecule has 1 aromatic carbocycles. The summed E-state index contributed by atoms with van der Waals surface area (Å²) < 4.78 is 5.81. The second kappa shape index (κ2) is 6.24. The quantitative estimate of drug-likeness (QED) is 0.768. The van der Waals surface area contributed by atoms with Gasteiger partial charge < -0.3 is 9.84 Å². The molecule has 0 spiro atoms. The van der Waals surface area contributed by atoms with Crippen molar-refractivity contribution in [3.05, 3.63) is 29.8 Å². The van der Waals surface area contributed by atoms with E-state index in [4.69, 9.17) is 4.74 Å². The van der Waals surface area contributed by atoms with Gasteiger partial charge in [-0.05, 0) is 18.9 Å². The molecule has 3 atom stereocenters. The van der Waals surface area contributed by atoms with Crippen LogP contribution in [0.3, 0.4) is 0 Å². The lowest BCUT2D eigenvalue weighted by Gasteiger charge is -2.20. The zero-order valence-corrected chi connectivity index (χ0v) is 12.1. The van der Waals surface area contributed by atoms with Gasteiger partial charge in [-0.3, -0.25) is 10.2 Å². The van der Waals surface area contributed by atoms with E-state index in [0.29, 0.717) is 12.5 Å². The predicted octanol–water partition coefficient (Wildman–Crippen LogP) is 1.96. The first-order valence-electron chi connectivity index (χ1n) is 6.96. The molecular weight excluding hydrogens is 256 g/mol. The number of hydrazine groups is 1. The molecule has 1 aliphatic heterocycles. The topological polar surface area (TPSA) is 70.6 Å². The number of carbonyl (C=O) groups is 1. The molecule has 0 bridgehead atoms. The fourth-order valence-electron chi connectivity index (χ4n) is 2.44. The van der Waals surface area contributed by atoms with Gasteiger partial charge in [-0.15, -0.1) is 0 Å². The van der Waals surface area contributed by atoms with E-state index in [2.05, 4.69) is 24.7 Å². The van der Waals surface area contributed by atoms with Crippen LogP contribution in [0, 0.1) is 11.8 Å². The second-order valence-corrected chi connectivity index (χ2v) is 5.66. The number of carboxylic acids is 1. The van der Waals surface area contributed by atoms with E-state index in [1.807, 2.05) is 31.2 Å². The Hall–Kier alpha value is -1.59. The maximum absolute atomic E-state index is 11.5. The minimum Gasteiger partial charge on any atom is -0.493 e. The van der Waals surface area contributed by atoms with E-state index in [9.17, 15) is 9.90 Å². The molecule has 0 aliphatic carbocycles. The minimum absolute atomic E-state index is 0.129. The summed E-state index contributed by atoms with van der Waals surface area (Å²) in [4.78, 5) is 11.5. The number of para-hydroxylation sites is 1. The summed E-state index contributed by atoms with van der Waals surface area (Å²) in [6.45, 7) is 6.65. The van der Waals surface area contributed by atoms with E-state index >= 15 is 0 Å². The number of hydrogen-bond donors (Lipinski definition) is 3. The minimum atomic E-state index is -0.807. The third-order valence-corrected chi connectivity index (χ3v) is 3.48. The summed E-state index contributed by atoms with van der Waals surface area (Å²) in [5.41, 5.74) is 6.96. The standard InChI is InChI=1S/C15H22N2O3/c1-9(2)8-20-12-7-5-4-6-11(12)14-13(15(18)19)10(3)16-17-14/h4-7,9-10,13-14,16-17H,8H2,1-3H3,(H,18,19). The van der Waals surface area contributed by atoms with E-state index in [-0.39, 0.29) is 12.1 Å². The molecule has 5 nitrogen and oxygen atoms in total. The Morgan fingerprint density at radius 3 is 2.70 bits per heavy atom. The van der Waals surface area contributed by atoms with Gasteiger partial charge in [0.15, 0.2) is 0 Å². The molecule has 5 heteroatoms. The van der Waals surface area contributed by atoms with Crippen molar-refractivity contribution >= 4 is 5.97 Å². The normalized spacial score (nSPS) is 25.9. The van der Waals surface area contributed by atoms with E-state index < -0.39 is 11.9 Å². The first kappa shape index (κ1) is 14.8. The van der Waals surface area contributed by atoms with Crippen molar-refractivity contribution in [3.8, 4) is 5.75 Å². The van der Waals surface area contributed by atoms with Crippen molar-refractivity contribution in [2.75, 3.05) is 6.61 Å². The number of nitrogens with one attached hydrogen (secondary N) is 2. The maximum Gasteiger partial charge on any atom is 0.310 e. The first-order chi connectivity index (χ1) is 9.50. The number of ether oxygens (including phenoxy) is 1. The van der Waals surface area contributed by atoms with Crippen molar-refractivity contribution in [2.24, 2.45) is 11.8 Å². The van der Waals surface area contributed by atoms with Gasteiger partial charge in [0.25, 0.3) is 0 Å². The summed E-state index contributed by atoms with van der Waals surface area (Å²) in [6, 6.07) is 7.20. The van der Waals surface area contributed by atoms with Crippen LogP contribution >= 0.6 is 0 Å². The lowest BCUT2D eigenvalue weighted by molar-refractivity contribution is -0.142. The number of aliphatic carboxylic acids is 1. The molecule has 2 rings (SSSR count). The number of carboxylic acid groups (broad SMARTS) is 1. The second-order valence-electron chi connectivity index (χ2n) is 5.66. The van der Waals surface area contributed by atoms with E-state index in [1.165, 1.54) is 0 Å². The number of hydrogen-bond acceptors (Lipinski definition) is 4. The highest BCUT2D eigenvalue weighted by atomic mass is 16.5. The largest absolute Gasteiger partial charge is 0.493 e. The van der Waals surface area contributed by atoms with Crippen LogP contribution in [-0.4, -0.2) is 23.7 Å². The van der Waals surface area contributed by atoms with Crippen LogP contribution in [0.15, 0.2) is 24.3 Å². The van der Waals surface area contributed by atoms with Crippen LogP contribution in [0.2, 0.25) is 0 Å². The van der Waals surface area contributed by atoms with Crippen LogP contribution < -0.4 is 15.6 Å². The summed E-state index contributed by atoms with van der Waals surface area (Å²) >= 11 is 0. The lowest BCUT2D eigenvalue weighted by atomic mass is 9.90. The van der Waals surface area contributed by atoms with Crippen molar-refractivity contribution in [1.29, 1.82) is 0 Å². The van der Waals surface area contributed by atoms with Gasteiger partial charge in [-0.1, -0.05) is 32.0 Å². The molecule has 0 radical (unpaired) electrons. The van der Waals surface area contributed by atoms with Gasteiger partial charge in [-0.25, -0.2) is 5.43 Å². The summed E-state index contributed by atoms with van der Waals surface area (Å²) in [6.07, 6.45) is 0. The van der Waals surface area contributed by atoms with Crippen molar-refractivity contribution in [2.45, 2.75) is 32.9 Å². The highest BCUT2D eigenvalue weighted by Gasteiger charge is 2.40. The monoisotopic (exact) mass is 278 g/mol. The molecule has 0 saturated carbocycles. The fraction of sp³-hybridized carbons (Fsp3) is 0.533. The summed E-state index contributed by atoms with van der Waals surface area (Å²) in [5.74, 6) is -0.148. The molecule has 0 amide bonds. The van der Waals surface area contributed by atoms with Crippen LogP contribution in [0.5, 0.6) is 5.75 Å². The smallest absolute Gasteiger partial charge is 0.310 e. The molecule has 20 heavy (non-hydrogen) atoms. The van der Waals surface area contributed by atoms with Crippen LogP contribution in [-0.2, 0) is 4.79 Å². The number of benzene rings is 1. The fourth-order valence-corrected chi connectivity index (χ4v) is 2.44. The molecular formula is C15H22N2O3. The molecule has 3 N–H and O–H groups in total. The van der Waals surface area contributed by atoms with Gasteiger partial charge in [0.1, 0.15) is 5.75 Å². The summed E-state index contributed by atoms with van der Waals surface area (Å²) in [7, 11) is 0. The average molecular weight is 278 g/mol. The van der Waals surface area contributed by atoms with Crippen LogP contribution in [0.4, 0.5) is 0 Å². The van der Waals surface area contributed by atoms with Gasteiger partial charge in [0, 0.05) is 11.6 Å². The number of rotatable bonds is 5. The van der Waals surface area contributed by atoms with E-state index in [0.717, 1.165) is 11.3 Å². The van der Waals surface area contributed by atoms with E-state index in [1.54, 1.807) is 0 Å². The molecule has 1 heterocycles. The molecule has 0 aromatic heterocycles. The molecule has 3 unspecified atom stereocenters. The highest BCUT2D eigenvalue weighted by molar-refractivity contribution is 5.73. The third kappa shape index (κ3) is 3.11. The highest BCUT2D eigenvalue weighted by Crippen LogP contribution is 2.34. The first-order valence-corrected chi connectivity index (χ1v) is 6.96. The lowest BCUT2D eigenvalue weighted by Crippen LogP contribution is -2.30. The molecule has 1 saturated heterocycles. The van der Waals surface area contributed by atoms with Crippen molar-refractivity contribution in [1.82, 2.24) is 10.9 Å². The van der Waals surface area contributed by atoms with Crippen molar-refractivity contribution < 1.29 is 14.6 Å². The summed E-state index contributed by atoms with van der Waals surface area (Å²) in [5, 5.41) is 9.40. The van der Waals surface area contributed by atoms with Gasteiger partial charge in [0.05, 0.1) is 18.6 Å². The molecule has 1 aromatic rings. The Bertz CT molecular complexity index is 476. The Morgan fingerprint density at radius 1 is 1.35 bits per heavy atom. The predicted molar refractivity (Wildman–Crippen MR) is 76.4 cm³/mol.